The Morgan fingerprint density at radius 3 is 2.67 bits per heavy atom. The van der Waals surface area contributed by atoms with Crippen LogP contribution in [0.2, 0.25) is 5.28 Å². The third-order valence-electron chi connectivity index (χ3n) is 3.32. The van der Waals surface area contributed by atoms with Crippen LogP contribution in [0.15, 0.2) is 24.3 Å². The second-order valence-electron chi connectivity index (χ2n) is 4.55. The maximum Gasteiger partial charge on any atom is 0.224 e. The first-order valence-electron chi connectivity index (χ1n) is 6.09. The van der Waals surface area contributed by atoms with Gasteiger partial charge in [-0.2, -0.15) is 4.98 Å². The minimum Gasteiger partial charge on any atom is -0.393 e. The molecule has 1 saturated heterocycles. The van der Waals surface area contributed by atoms with Gasteiger partial charge in [0, 0.05) is 18.5 Å². The Morgan fingerprint density at radius 1 is 1.17 bits per heavy atom. The molecule has 18 heavy (non-hydrogen) atoms. The Morgan fingerprint density at radius 2 is 1.89 bits per heavy atom. The minimum atomic E-state index is -0.190. The van der Waals surface area contributed by atoms with E-state index in [1.807, 2.05) is 24.3 Å². The van der Waals surface area contributed by atoms with Gasteiger partial charge in [-0.3, -0.25) is 0 Å². The summed E-state index contributed by atoms with van der Waals surface area (Å²) in [4.78, 5) is 10.7. The van der Waals surface area contributed by atoms with Gasteiger partial charge in [-0.15, -0.1) is 0 Å². The van der Waals surface area contributed by atoms with Crippen molar-refractivity contribution in [3.05, 3.63) is 29.5 Å². The van der Waals surface area contributed by atoms with Crippen molar-refractivity contribution in [2.75, 3.05) is 18.0 Å². The molecule has 5 heteroatoms. The zero-order valence-electron chi connectivity index (χ0n) is 9.88. The number of piperidine rings is 1. The van der Waals surface area contributed by atoms with Gasteiger partial charge in [-0.1, -0.05) is 12.1 Å². The molecule has 2 aromatic rings. The van der Waals surface area contributed by atoms with Gasteiger partial charge in [0.2, 0.25) is 5.28 Å². The van der Waals surface area contributed by atoms with Gasteiger partial charge >= 0.3 is 0 Å². The maximum atomic E-state index is 9.56. The van der Waals surface area contributed by atoms with Gasteiger partial charge in [0.15, 0.2) is 0 Å². The standard InChI is InChI=1S/C13H14ClN3O/c14-13-15-11-4-2-1-3-10(11)12(16-13)17-7-5-9(18)6-8-17/h1-4,9,18H,5-8H2. The zero-order valence-corrected chi connectivity index (χ0v) is 10.6. The number of nitrogens with zero attached hydrogens (tertiary/aromatic N) is 3. The highest BCUT2D eigenvalue weighted by Crippen LogP contribution is 2.27. The smallest absolute Gasteiger partial charge is 0.224 e. The molecule has 94 valence electrons. The maximum absolute atomic E-state index is 9.56. The number of benzene rings is 1. The quantitative estimate of drug-likeness (QED) is 0.802. The van der Waals surface area contributed by atoms with E-state index in [0.29, 0.717) is 0 Å². The molecule has 1 fully saturated rings. The molecule has 4 nitrogen and oxygen atoms in total. The molecule has 0 radical (unpaired) electrons. The lowest BCUT2D eigenvalue weighted by atomic mass is 10.1. The monoisotopic (exact) mass is 263 g/mol. The van der Waals surface area contributed by atoms with E-state index in [4.69, 9.17) is 11.6 Å². The number of aliphatic hydroxyl groups excluding tert-OH is 1. The molecular formula is C13H14ClN3O. The molecule has 1 aromatic heterocycles. The first-order valence-corrected chi connectivity index (χ1v) is 6.47. The Bertz CT molecular complexity index is 567. The number of fused-ring (bicyclic) bond motifs is 1. The summed E-state index contributed by atoms with van der Waals surface area (Å²) < 4.78 is 0. The van der Waals surface area contributed by atoms with Gasteiger partial charge < -0.3 is 10.0 Å². The molecule has 0 unspecified atom stereocenters. The number of hydrogen-bond donors (Lipinski definition) is 1. The SMILES string of the molecule is OC1CCN(c2nc(Cl)nc3ccccc23)CC1. The van der Waals surface area contributed by atoms with E-state index in [2.05, 4.69) is 14.9 Å². The van der Waals surface area contributed by atoms with Crippen LogP contribution in [-0.4, -0.2) is 34.3 Å². The van der Waals surface area contributed by atoms with Gasteiger partial charge in [0.1, 0.15) is 5.82 Å². The van der Waals surface area contributed by atoms with E-state index in [-0.39, 0.29) is 11.4 Å². The fourth-order valence-corrected chi connectivity index (χ4v) is 2.52. The fourth-order valence-electron chi connectivity index (χ4n) is 2.35. The van der Waals surface area contributed by atoms with E-state index in [1.165, 1.54) is 0 Å². The molecule has 0 spiro atoms. The number of aliphatic hydroxyl groups is 1. The molecule has 1 N–H and O–H groups in total. The number of hydrogen-bond acceptors (Lipinski definition) is 4. The van der Waals surface area contributed by atoms with Crippen molar-refractivity contribution in [3.63, 3.8) is 0 Å². The largest absolute Gasteiger partial charge is 0.393 e. The van der Waals surface area contributed by atoms with Crippen molar-refractivity contribution in [1.29, 1.82) is 0 Å². The molecular weight excluding hydrogens is 250 g/mol. The van der Waals surface area contributed by atoms with Crippen LogP contribution in [0.5, 0.6) is 0 Å². The van der Waals surface area contributed by atoms with E-state index in [9.17, 15) is 5.11 Å². The van der Waals surface area contributed by atoms with Gasteiger partial charge in [-0.25, -0.2) is 4.98 Å². The predicted molar refractivity (Wildman–Crippen MR) is 72.0 cm³/mol. The van der Waals surface area contributed by atoms with Gasteiger partial charge in [0.05, 0.1) is 11.6 Å². The second kappa shape index (κ2) is 4.71. The number of para-hydroxylation sites is 1. The highest BCUT2D eigenvalue weighted by atomic mass is 35.5. The van der Waals surface area contributed by atoms with Gasteiger partial charge in [0.25, 0.3) is 0 Å². The van der Waals surface area contributed by atoms with Crippen LogP contribution in [0.1, 0.15) is 12.8 Å². The Labute approximate surface area is 110 Å². The minimum absolute atomic E-state index is 0.190. The van der Waals surface area contributed by atoms with Crippen LogP contribution in [0.25, 0.3) is 10.9 Å². The topological polar surface area (TPSA) is 49.2 Å². The van der Waals surface area contributed by atoms with Crippen LogP contribution in [0.3, 0.4) is 0 Å². The van der Waals surface area contributed by atoms with E-state index in [1.54, 1.807) is 0 Å². The van der Waals surface area contributed by atoms with Crippen LogP contribution >= 0.6 is 11.6 Å². The summed E-state index contributed by atoms with van der Waals surface area (Å²) in [6.07, 6.45) is 1.36. The molecule has 1 aliphatic rings. The summed E-state index contributed by atoms with van der Waals surface area (Å²) in [5, 5.41) is 10.8. The third kappa shape index (κ3) is 2.13. The highest BCUT2D eigenvalue weighted by Gasteiger charge is 2.20. The van der Waals surface area contributed by atoms with Crippen LogP contribution < -0.4 is 4.90 Å². The molecule has 2 heterocycles. The van der Waals surface area contributed by atoms with Crippen molar-refractivity contribution in [2.24, 2.45) is 0 Å². The molecule has 3 rings (SSSR count). The molecule has 1 aromatic carbocycles. The molecule has 0 bridgehead atoms. The zero-order chi connectivity index (χ0) is 12.5. The lowest BCUT2D eigenvalue weighted by Crippen LogP contribution is -2.36. The fraction of sp³-hybridized carbons (Fsp3) is 0.385. The summed E-state index contributed by atoms with van der Waals surface area (Å²) in [5.74, 6) is 0.873. The lowest BCUT2D eigenvalue weighted by molar-refractivity contribution is 0.145. The lowest BCUT2D eigenvalue weighted by Gasteiger charge is -2.31. The first-order chi connectivity index (χ1) is 8.74. The number of anilines is 1. The van der Waals surface area contributed by atoms with Crippen LogP contribution in [0.4, 0.5) is 5.82 Å². The summed E-state index contributed by atoms with van der Waals surface area (Å²) in [7, 11) is 0. The van der Waals surface area contributed by atoms with Crippen molar-refractivity contribution < 1.29 is 5.11 Å². The van der Waals surface area contributed by atoms with Crippen molar-refractivity contribution in [3.8, 4) is 0 Å². The summed E-state index contributed by atoms with van der Waals surface area (Å²) in [5.41, 5.74) is 0.860. The van der Waals surface area contributed by atoms with Crippen LogP contribution in [-0.2, 0) is 0 Å². The average molecular weight is 264 g/mol. The number of halogens is 1. The first kappa shape index (κ1) is 11.7. The molecule has 0 amide bonds. The Kier molecular flexibility index (Phi) is 3.06. The summed E-state index contributed by atoms with van der Waals surface area (Å²) in [6, 6.07) is 7.86. The Balaban J connectivity index is 2.05. The third-order valence-corrected chi connectivity index (χ3v) is 3.49. The molecule has 0 atom stereocenters. The van der Waals surface area contributed by atoms with Crippen molar-refractivity contribution >= 4 is 28.3 Å². The van der Waals surface area contributed by atoms with E-state index in [0.717, 1.165) is 42.7 Å². The summed E-state index contributed by atoms with van der Waals surface area (Å²) >= 11 is 5.97. The molecule has 0 aliphatic carbocycles. The van der Waals surface area contributed by atoms with E-state index < -0.39 is 0 Å². The highest BCUT2D eigenvalue weighted by molar-refractivity contribution is 6.28. The Hall–Kier alpha value is -1.39. The normalized spacial score (nSPS) is 17.3. The average Bonchev–Trinajstić information content (AvgIpc) is 2.38. The second-order valence-corrected chi connectivity index (χ2v) is 4.89. The van der Waals surface area contributed by atoms with Crippen molar-refractivity contribution in [1.82, 2.24) is 9.97 Å². The summed E-state index contributed by atoms with van der Waals surface area (Å²) in [6.45, 7) is 1.61. The molecule has 1 aliphatic heterocycles. The number of aromatic nitrogens is 2. The molecule has 0 saturated carbocycles. The predicted octanol–water partition coefficient (Wildman–Crippen LogP) is 2.24. The van der Waals surface area contributed by atoms with Gasteiger partial charge in [-0.05, 0) is 36.6 Å². The van der Waals surface area contributed by atoms with Crippen LogP contribution in [0, 0.1) is 0 Å². The number of rotatable bonds is 1. The van der Waals surface area contributed by atoms with E-state index >= 15 is 0 Å². The van der Waals surface area contributed by atoms with Crippen molar-refractivity contribution in [2.45, 2.75) is 18.9 Å².